The molecule has 0 aromatic carbocycles. The van der Waals surface area contributed by atoms with Gasteiger partial charge >= 0.3 is 0 Å². The van der Waals surface area contributed by atoms with Gasteiger partial charge in [0, 0.05) is 24.0 Å². The molecule has 1 fully saturated rings. The SMILES string of the molecule is CC1CCCC(C)N1C(=O)c1csc(CN)n1. The summed E-state index contributed by atoms with van der Waals surface area (Å²) in [7, 11) is 0. The van der Waals surface area contributed by atoms with Crippen molar-refractivity contribution in [3.05, 3.63) is 16.1 Å². The van der Waals surface area contributed by atoms with Gasteiger partial charge in [-0.2, -0.15) is 0 Å². The topological polar surface area (TPSA) is 59.2 Å². The normalized spacial score (nSPS) is 25.0. The molecule has 1 aliphatic heterocycles. The molecule has 0 bridgehead atoms. The van der Waals surface area contributed by atoms with Crippen molar-refractivity contribution in [2.24, 2.45) is 5.73 Å². The first-order valence-corrected chi connectivity index (χ1v) is 6.98. The van der Waals surface area contributed by atoms with Crippen molar-refractivity contribution in [2.75, 3.05) is 0 Å². The molecule has 94 valence electrons. The first-order chi connectivity index (χ1) is 8.13. The first kappa shape index (κ1) is 12.5. The van der Waals surface area contributed by atoms with Gasteiger partial charge in [0.05, 0.1) is 0 Å². The second kappa shape index (κ2) is 5.14. The van der Waals surface area contributed by atoms with Crippen molar-refractivity contribution in [1.82, 2.24) is 9.88 Å². The molecule has 0 radical (unpaired) electrons. The number of aromatic nitrogens is 1. The van der Waals surface area contributed by atoms with Crippen LogP contribution in [-0.4, -0.2) is 27.9 Å². The highest BCUT2D eigenvalue weighted by atomic mass is 32.1. The highest BCUT2D eigenvalue weighted by Gasteiger charge is 2.30. The quantitative estimate of drug-likeness (QED) is 0.877. The van der Waals surface area contributed by atoms with Crippen LogP contribution in [0.3, 0.4) is 0 Å². The highest BCUT2D eigenvalue weighted by molar-refractivity contribution is 7.09. The number of hydrogen-bond donors (Lipinski definition) is 1. The molecule has 0 aliphatic carbocycles. The van der Waals surface area contributed by atoms with Crippen LogP contribution >= 0.6 is 11.3 Å². The van der Waals surface area contributed by atoms with Crippen LogP contribution in [0.4, 0.5) is 0 Å². The Balaban J connectivity index is 2.17. The van der Waals surface area contributed by atoms with Crippen LogP contribution in [0.25, 0.3) is 0 Å². The minimum Gasteiger partial charge on any atom is -0.332 e. The molecule has 2 unspecified atom stereocenters. The Morgan fingerprint density at radius 3 is 2.71 bits per heavy atom. The Bertz CT molecular complexity index is 394. The number of rotatable bonds is 2. The molecule has 2 atom stereocenters. The van der Waals surface area contributed by atoms with E-state index in [-0.39, 0.29) is 5.91 Å². The second-order valence-corrected chi connectivity index (χ2v) is 5.61. The lowest BCUT2D eigenvalue weighted by Crippen LogP contribution is -2.47. The summed E-state index contributed by atoms with van der Waals surface area (Å²) in [6.07, 6.45) is 3.38. The molecule has 1 amide bonds. The smallest absolute Gasteiger partial charge is 0.273 e. The van der Waals surface area contributed by atoms with E-state index in [4.69, 9.17) is 5.73 Å². The number of piperidine rings is 1. The third kappa shape index (κ3) is 2.50. The van der Waals surface area contributed by atoms with Crippen LogP contribution < -0.4 is 5.73 Å². The fourth-order valence-corrected chi connectivity index (χ4v) is 3.11. The molecule has 2 heterocycles. The zero-order valence-electron chi connectivity index (χ0n) is 10.3. The highest BCUT2D eigenvalue weighted by Crippen LogP contribution is 2.24. The zero-order chi connectivity index (χ0) is 12.4. The summed E-state index contributed by atoms with van der Waals surface area (Å²) in [5.41, 5.74) is 6.07. The molecule has 2 rings (SSSR count). The van der Waals surface area contributed by atoms with Crippen LogP contribution in [0.2, 0.25) is 0 Å². The lowest BCUT2D eigenvalue weighted by atomic mass is 9.97. The molecule has 1 aromatic rings. The zero-order valence-corrected chi connectivity index (χ0v) is 11.2. The number of thiazole rings is 1. The van der Waals surface area contributed by atoms with Crippen LogP contribution in [0.5, 0.6) is 0 Å². The van der Waals surface area contributed by atoms with E-state index < -0.39 is 0 Å². The summed E-state index contributed by atoms with van der Waals surface area (Å²) in [6, 6.07) is 0.628. The van der Waals surface area contributed by atoms with Crippen molar-refractivity contribution in [1.29, 1.82) is 0 Å². The molecule has 4 nitrogen and oxygen atoms in total. The van der Waals surface area contributed by atoms with Crippen molar-refractivity contribution >= 4 is 17.2 Å². The largest absolute Gasteiger partial charge is 0.332 e. The van der Waals surface area contributed by atoms with Gasteiger partial charge in [-0.05, 0) is 33.1 Å². The first-order valence-electron chi connectivity index (χ1n) is 6.10. The van der Waals surface area contributed by atoms with E-state index in [1.807, 2.05) is 10.3 Å². The van der Waals surface area contributed by atoms with Gasteiger partial charge in [0.1, 0.15) is 10.7 Å². The molecular formula is C12H19N3OS. The summed E-state index contributed by atoms with van der Waals surface area (Å²) in [6.45, 7) is 4.64. The van der Waals surface area contributed by atoms with Gasteiger partial charge in [-0.25, -0.2) is 4.98 Å². The molecule has 1 saturated heterocycles. The number of likely N-dealkylation sites (tertiary alicyclic amines) is 1. The fourth-order valence-electron chi connectivity index (χ4n) is 2.46. The lowest BCUT2D eigenvalue weighted by molar-refractivity contribution is 0.0505. The molecule has 1 aromatic heterocycles. The Morgan fingerprint density at radius 1 is 1.53 bits per heavy atom. The Labute approximate surface area is 106 Å². The predicted molar refractivity (Wildman–Crippen MR) is 68.9 cm³/mol. The molecule has 0 spiro atoms. The van der Waals surface area contributed by atoms with Crippen molar-refractivity contribution < 1.29 is 4.79 Å². The average molecular weight is 253 g/mol. The van der Waals surface area contributed by atoms with Crippen LogP contribution in [-0.2, 0) is 6.54 Å². The number of nitrogens with two attached hydrogens (primary N) is 1. The fraction of sp³-hybridized carbons (Fsp3) is 0.667. The van der Waals surface area contributed by atoms with Crippen LogP contribution in [0.1, 0.15) is 48.6 Å². The Hall–Kier alpha value is -0.940. The number of amides is 1. The van der Waals surface area contributed by atoms with E-state index in [1.165, 1.54) is 17.8 Å². The number of hydrogen-bond acceptors (Lipinski definition) is 4. The molecule has 0 saturated carbocycles. The van der Waals surface area contributed by atoms with Crippen molar-refractivity contribution in [2.45, 2.75) is 51.7 Å². The predicted octanol–water partition coefficient (Wildman–Crippen LogP) is 2.00. The molecule has 1 aliphatic rings. The Morgan fingerprint density at radius 2 is 2.18 bits per heavy atom. The third-order valence-electron chi connectivity index (χ3n) is 3.37. The van der Waals surface area contributed by atoms with Crippen molar-refractivity contribution in [3.8, 4) is 0 Å². The van der Waals surface area contributed by atoms with Crippen LogP contribution in [0.15, 0.2) is 5.38 Å². The minimum absolute atomic E-state index is 0.0562. The average Bonchev–Trinajstić information content (AvgIpc) is 2.77. The summed E-state index contributed by atoms with van der Waals surface area (Å²) >= 11 is 1.46. The number of carbonyl (C=O) groups is 1. The maximum Gasteiger partial charge on any atom is 0.273 e. The van der Waals surface area contributed by atoms with Crippen molar-refractivity contribution in [3.63, 3.8) is 0 Å². The lowest BCUT2D eigenvalue weighted by Gasteiger charge is -2.38. The summed E-state index contributed by atoms with van der Waals surface area (Å²) < 4.78 is 0. The van der Waals surface area contributed by atoms with E-state index in [9.17, 15) is 4.79 Å². The van der Waals surface area contributed by atoms with E-state index >= 15 is 0 Å². The van der Waals surface area contributed by atoms with Gasteiger partial charge in [-0.3, -0.25) is 4.79 Å². The third-order valence-corrected chi connectivity index (χ3v) is 4.24. The number of carbonyl (C=O) groups excluding carboxylic acids is 1. The van der Waals surface area contributed by atoms with E-state index in [1.54, 1.807) is 0 Å². The standard InChI is InChI=1S/C12H19N3OS/c1-8-4-3-5-9(2)15(8)12(16)10-7-17-11(6-13)14-10/h7-9H,3-6,13H2,1-2H3. The maximum atomic E-state index is 12.4. The summed E-state index contributed by atoms with van der Waals surface area (Å²) in [5, 5.41) is 2.64. The molecular weight excluding hydrogens is 234 g/mol. The van der Waals surface area contributed by atoms with Gasteiger partial charge in [0.15, 0.2) is 0 Å². The maximum absolute atomic E-state index is 12.4. The van der Waals surface area contributed by atoms with Gasteiger partial charge in [-0.1, -0.05) is 0 Å². The van der Waals surface area contributed by atoms with E-state index in [0.29, 0.717) is 24.3 Å². The van der Waals surface area contributed by atoms with Gasteiger partial charge in [-0.15, -0.1) is 11.3 Å². The second-order valence-electron chi connectivity index (χ2n) is 4.67. The van der Waals surface area contributed by atoms with Gasteiger partial charge < -0.3 is 10.6 Å². The summed E-state index contributed by atoms with van der Waals surface area (Å²) in [5.74, 6) is 0.0562. The Kier molecular flexibility index (Phi) is 3.79. The molecule has 2 N–H and O–H groups in total. The van der Waals surface area contributed by atoms with Gasteiger partial charge in [0.25, 0.3) is 5.91 Å². The molecule has 5 heteroatoms. The minimum atomic E-state index is 0.0562. The monoisotopic (exact) mass is 253 g/mol. The van der Waals surface area contributed by atoms with Crippen LogP contribution in [0, 0.1) is 0 Å². The van der Waals surface area contributed by atoms with E-state index in [2.05, 4.69) is 18.8 Å². The van der Waals surface area contributed by atoms with E-state index in [0.717, 1.165) is 17.8 Å². The van der Waals surface area contributed by atoms with Gasteiger partial charge in [0.2, 0.25) is 0 Å². The number of nitrogens with zero attached hydrogens (tertiary/aromatic N) is 2. The summed E-state index contributed by atoms with van der Waals surface area (Å²) in [4.78, 5) is 18.6. The molecule has 17 heavy (non-hydrogen) atoms.